The van der Waals surface area contributed by atoms with Crippen LogP contribution in [0, 0.1) is 0 Å². The Morgan fingerprint density at radius 1 is 0.178 bits per heavy atom. The van der Waals surface area contributed by atoms with Crippen LogP contribution in [0.1, 0.15) is 0 Å². The fraction of sp³-hybridized carbons (Fsp3) is 1.00. The highest BCUT2D eigenvalue weighted by Gasteiger charge is 3.00. The third-order valence-corrected chi connectivity index (χ3v) is 4.90. The van der Waals surface area contributed by atoms with Gasteiger partial charge in [-0.15, -0.1) is 0 Å². The summed E-state index contributed by atoms with van der Waals surface area (Å²) in [6, 6.07) is 0. The molecule has 0 saturated heterocycles. The zero-order valence-electron chi connectivity index (χ0n) is 18.7. The Morgan fingerprint density at radius 3 is 0.467 bits per heavy atom. The molecule has 0 aromatic rings. The lowest BCUT2D eigenvalue weighted by Gasteiger charge is -2.49. The van der Waals surface area contributed by atoms with Gasteiger partial charge in [-0.05, 0) is 0 Å². The Labute approximate surface area is 222 Å². The van der Waals surface area contributed by atoms with Crippen LogP contribution >= 0.6 is 0 Å². The lowest BCUT2D eigenvalue weighted by Crippen LogP contribution is -2.81. The molecule has 0 fully saturated rings. The van der Waals surface area contributed by atoms with E-state index in [9.17, 15) is 132 Å². The summed E-state index contributed by atoms with van der Waals surface area (Å²) in [5.41, 5.74) is 0. The molecule has 0 aliphatic carbocycles. The second-order valence-electron chi connectivity index (χ2n) is 7.88. The average molecular weight is 754 g/mol. The normalized spacial score (nSPS) is 19.3. The molecule has 0 bridgehead atoms. The van der Waals surface area contributed by atoms with Crippen molar-refractivity contribution in [1.82, 2.24) is 0 Å². The minimum Gasteiger partial charge on any atom is -0.288 e. The second-order valence-corrected chi connectivity index (χ2v) is 7.88. The maximum Gasteiger partial charge on any atom is 0.460 e. The Hall–Kier alpha value is -2.14. The Balaban J connectivity index is 8.64. The highest BCUT2D eigenvalue weighted by atomic mass is 19.5. The average Bonchev–Trinajstić information content (AvgIpc) is 2.74. The van der Waals surface area contributed by atoms with E-state index in [0.29, 0.717) is 4.74 Å². The largest absolute Gasteiger partial charge is 0.460 e. The van der Waals surface area contributed by atoms with Gasteiger partial charge < -0.3 is 0 Å². The van der Waals surface area contributed by atoms with Gasteiger partial charge in [0.15, 0.2) is 0 Å². The van der Waals surface area contributed by atoms with Gasteiger partial charge in [-0.3, -0.25) is 4.74 Å². The second kappa shape index (κ2) is 10.2. The van der Waals surface area contributed by atoms with E-state index < -0.39 is 83.8 Å². The molecule has 0 rings (SSSR count). The first-order valence-electron chi connectivity index (χ1n) is 9.08. The summed E-state index contributed by atoms with van der Waals surface area (Å²) in [7, 11) is 0. The van der Waals surface area contributed by atoms with E-state index >= 15 is 0 Å². The smallest absolute Gasteiger partial charge is 0.288 e. The molecule has 0 aliphatic rings. The zero-order valence-corrected chi connectivity index (χ0v) is 18.7. The van der Waals surface area contributed by atoms with Crippen molar-refractivity contribution in [1.29, 1.82) is 0 Å². The zero-order chi connectivity index (χ0) is 37.7. The predicted octanol–water partition coefficient (Wildman–Crippen LogP) is 9.67. The van der Waals surface area contributed by atoms with Gasteiger partial charge >= 0.3 is 83.8 Å². The van der Waals surface area contributed by atoms with Gasteiger partial charge in [0.2, 0.25) is 0 Å². The number of alkyl halides is 30. The molecule has 0 aliphatic heterocycles. The lowest BCUT2D eigenvalue weighted by atomic mass is 9.89. The number of hydrogen-bond donors (Lipinski definition) is 0. The summed E-state index contributed by atoms with van der Waals surface area (Å²) in [6.45, 7) is 0. The van der Waals surface area contributed by atoms with Gasteiger partial charge in [-0.1, -0.05) is 0 Å². The molecule has 45 heavy (non-hydrogen) atoms. The van der Waals surface area contributed by atoms with Crippen molar-refractivity contribution in [3.05, 3.63) is 0 Å². The van der Waals surface area contributed by atoms with Crippen molar-refractivity contribution in [2.75, 3.05) is 0 Å². The predicted molar refractivity (Wildman–Crippen MR) is 72.6 cm³/mol. The highest BCUT2D eigenvalue weighted by Crippen LogP contribution is 2.68. The van der Waals surface area contributed by atoms with Crippen molar-refractivity contribution in [3.63, 3.8) is 0 Å². The first kappa shape index (κ1) is 42.9. The van der Waals surface area contributed by atoms with Crippen LogP contribution in [0.15, 0.2) is 0 Å². The van der Waals surface area contributed by atoms with Gasteiger partial charge in [-0.2, -0.15) is 132 Å². The molecule has 0 N–H and O–H groups in total. The van der Waals surface area contributed by atoms with Gasteiger partial charge in [-0.25, -0.2) is 0 Å². The third-order valence-electron chi connectivity index (χ3n) is 4.90. The van der Waals surface area contributed by atoms with E-state index in [2.05, 4.69) is 0 Å². The van der Waals surface area contributed by atoms with Crippen molar-refractivity contribution < 1.29 is 136 Å². The summed E-state index contributed by atoms with van der Waals surface area (Å²) in [6.07, 6.45) is -35.2. The van der Waals surface area contributed by atoms with E-state index in [1.54, 1.807) is 0 Å². The Kier molecular flexibility index (Phi) is 9.69. The molecule has 0 saturated carbocycles. The van der Waals surface area contributed by atoms with E-state index in [4.69, 9.17) is 0 Å². The van der Waals surface area contributed by atoms with Crippen LogP contribution in [0.4, 0.5) is 132 Å². The molecule has 0 aromatic carbocycles. The van der Waals surface area contributed by atoms with Crippen molar-refractivity contribution in [2.24, 2.45) is 0 Å². The van der Waals surface area contributed by atoms with Crippen LogP contribution in [-0.4, -0.2) is 83.8 Å². The van der Waals surface area contributed by atoms with Crippen LogP contribution in [0.5, 0.6) is 0 Å². The molecule has 0 spiro atoms. The molecular weight excluding hydrogens is 754 g/mol. The molecule has 0 amide bonds. The summed E-state index contributed by atoms with van der Waals surface area (Å²) >= 11 is 0. The molecule has 2 atom stereocenters. The standard InChI is InChI=1S/C14F30O/c15-1(16,5(23,24)11(33,34)35)3(19,20)9(31,7(27,28)13(39,40)41)45-10(32,8(29,30)14(42,43)44)4(21,22)2(17,18)6(25,26)12(36,37)38. The van der Waals surface area contributed by atoms with Gasteiger partial charge in [0.25, 0.3) is 0 Å². The molecular formula is C14F30O. The number of ether oxygens (including phenoxy) is 1. The monoisotopic (exact) mass is 754 g/mol. The minimum atomic E-state index is -10.2. The fourth-order valence-corrected chi connectivity index (χ4v) is 2.36. The van der Waals surface area contributed by atoms with Crippen LogP contribution < -0.4 is 0 Å². The highest BCUT2D eigenvalue weighted by molar-refractivity contribution is 5.17. The van der Waals surface area contributed by atoms with Gasteiger partial charge in [0, 0.05) is 0 Å². The first-order valence-corrected chi connectivity index (χ1v) is 9.08. The van der Waals surface area contributed by atoms with Crippen molar-refractivity contribution in [2.45, 2.75) is 83.8 Å². The number of hydrogen-bond acceptors (Lipinski definition) is 1. The third kappa shape index (κ3) is 5.32. The van der Waals surface area contributed by atoms with E-state index in [0.717, 1.165) is 0 Å². The lowest BCUT2D eigenvalue weighted by molar-refractivity contribution is -0.550. The molecule has 0 aromatic heterocycles. The molecule has 2 unspecified atom stereocenters. The van der Waals surface area contributed by atoms with Crippen LogP contribution in [0.25, 0.3) is 0 Å². The summed E-state index contributed by atoms with van der Waals surface area (Å²) in [5.74, 6) is -97.8. The number of halogens is 30. The van der Waals surface area contributed by atoms with Crippen molar-refractivity contribution >= 4 is 0 Å². The summed E-state index contributed by atoms with van der Waals surface area (Å²) in [5, 5.41) is 0. The quantitative estimate of drug-likeness (QED) is 0.202. The van der Waals surface area contributed by atoms with Crippen LogP contribution in [-0.2, 0) is 4.74 Å². The van der Waals surface area contributed by atoms with E-state index in [1.807, 2.05) is 0 Å². The molecule has 31 heteroatoms. The fourth-order valence-electron chi connectivity index (χ4n) is 2.36. The Morgan fingerprint density at radius 2 is 0.333 bits per heavy atom. The van der Waals surface area contributed by atoms with E-state index in [1.165, 1.54) is 0 Å². The minimum absolute atomic E-state index is 0.391. The maximum atomic E-state index is 14.6. The van der Waals surface area contributed by atoms with Crippen LogP contribution in [0.3, 0.4) is 0 Å². The number of rotatable bonds is 10. The molecule has 1 nitrogen and oxygen atoms in total. The van der Waals surface area contributed by atoms with Gasteiger partial charge in [0.1, 0.15) is 0 Å². The summed E-state index contributed by atoms with van der Waals surface area (Å²) < 4.78 is 394. The van der Waals surface area contributed by atoms with Crippen molar-refractivity contribution in [3.8, 4) is 0 Å². The molecule has 272 valence electrons. The van der Waals surface area contributed by atoms with Crippen LogP contribution in [0.2, 0.25) is 0 Å². The Bertz CT molecular complexity index is 982. The van der Waals surface area contributed by atoms with Gasteiger partial charge in [0.05, 0.1) is 0 Å². The summed E-state index contributed by atoms with van der Waals surface area (Å²) in [4.78, 5) is 0. The molecule has 0 radical (unpaired) electrons. The van der Waals surface area contributed by atoms with E-state index in [-0.39, 0.29) is 0 Å². The topological polar surface area (TPSA) is 9.23 Å². The SMILES string of the molecule is FC(F)(F)C(F)(F)C(F)(F)C(F)(F)C(F)(OC(F)(C(F)(F)C(F)(F)F)C(F)(F)C(F)(F)C(F)(F)C(F)(F)F)C(F)(F)C(F)(F)F. The first-order chi connectivity index (χ1) is 18.7. The molecule has 0 heterocycles. The maximum absolute atomic E-state index is 14.6.